The van der Waals surface area contributed by atoms with E-state index >= 15 is 0 Å². The number of nitrogens with zero attached hydrogens (tertiary/aromatic N) is 2. The average molecular weight is 222 g/mol. The van der Waals surface area contributed by atoms with Crippen LogP contribution in [-0.2, 0) is 4.79 Å². The van der Waals surface area contributed by atoms with Crippen molar-refractivity contribution < 1.29 is 4.79 Å². The maximum Gasteiger partial charge on any atom is 0.249 e. The highest BCUT2D eigenvalue weighted by Crippen LogP contribution is 2.24. The van der Waals surface area contributed by atoms with E-state index in [1.807, 2.05) is 38.3 Å². The third-order valence-electron chi connectivity index (χ3n) is 2.22. The summed E-state index contributed by atoms with van der Waals surface area (Å²) in [6.45, 7) is 5.98. The lowest BCUT2D eigenvalue weighted by Gasteiger charge is -2.27. The Hall–Kier alpha value is -1.16. The fourth-order valence-corrected chi connectivity index (χ4v) is 2.24. The molecule has 1 aliphatic heterocycles. The summed E-state index contributed by atoms with van der Waals surface area (Å²) in [7, 11) is 0. The molecule has 0 bridgehead atoms. The smallest absolute Gasteiger partial charge is 0.249 e. The van der Waals surface area contributed by atoms with E-state index < -0.39 is 0 Å². The van der Waals surface area contributed by atoms with Crippen LogP contribution in [0.15, 0.2) is 22.6 Å². The van der Waals surface area contributed by atoms with Gasteiger partial charge in [0.25, 0.3) is 0 Å². The van der Waals surface area contributed by atoms with Crippen LogP contribution in [0.3, 0.4) is 0 Å². The third-order valence-corrected chi connectivity index (χ3v) is 3.14. The summed E-state index contributed by atoms with van der Waals surface area (Å²) in [5, 5.41) is 7.98. The largest absolute Gasteiger partial charge is 0.272 e. The molecule has 1 aliphatic rings. The van der Waals surface area contributed by atoms with Crippen molar-refractivity contribution in [1.82, 2.24) is 5.01 Å². The summed E-state index contributed by atoms with van der Waals surface area (Å²) in [5.74, 6) is 0.0888. The van der Waals surface area contributed by atoms with E-state index in [4.69, 9.17) is 0 Å². The quantitative estimate of drug-likeness (QED) is 0.718. The van der Waals surface area contributed by atoms with E-state index in [1.54, 1.807) is 16.3 Å². The predicted octanol–water partition coefficient (Wildman–Crippen LogP) is 2.48. The molecule has 0 unspecified atom stereocenters. The topological polar surface area (TPSA) is 32.7 Å². The van der Waals surface area contributed by atoms with Gasteiger partial charge in [0, 0.05) is 0 Å². The van der Waals surface area contributed by atoms with Crippen molar-refractivity contribution in [3.8, 4) is 0 Å². The lowest BCUT2D eigenvalue weighted by atomic mass is 10.1. The van der Waals surface area contributed by atoms with Crippen LogP contribution in [0.2, 0.25) is 0 Å². The standard InChI is InChI=1S/C11H14N2OS/c1-11(2,3)13-10(14)7-8(12-13)9-5-4-6-15-9/h4-6H,7H2,1-3H3. The van der Waals surface area contributed by atoms with Gasteiger partial charge in [0.15, 0.2) is 0 Å². The molecule has 15 heavy (non-hydrogen) atoms. The molecule has 1 aromatic heterocycles. The lowest BCUT2D eigenvalue weighted by Crippen LogP contribution is -2.38. The number of carbonyl (C=O) groups is 1. The molecule has 0 N–H and O–H groups in total. The van der Waals surface area contributed by atoms with Crippen LogP contribution in [0, 0.1) is 0 Å². The van der Waals surface area contributed by atoms with E-state index in [1.165, 1.54) is 0 Å². The number of carbonyl (C=O) groups excluding carboxylic acids is 1. The SMILES string of the molecule is CC(C)(C)N1N=C(c2cccs2)CC1=O. The fraction of sp³-hybridized carbons (Fsp3) is 0.455. The monoisotopic (exact) mass is 222 g/mol. The van der Waals surface area contributed by atoms with E-state index in [2.05, 4.69) is 5.10 Å². The van der Waals surface area contributed by atoms with E-state index in [0.717, 1.165) is 10.6 Å². The number of rotatable bonds is 1. The van der Waals surface area contributed by atoms with Crippen LogP contribution < -0.4 is 0 Å². The first-order valence-corrected chi connectivity index (χ1v) is 5.81. The molecule has 0 spiro atoms. The zero-order valence-electron chi connectivity index (χ0n) is 9.15. The summed E-state index contributed by atoms with van der Waals surface area (Å²) >= 11 is 1.63. The zero-order valence-corrected chi connectivity index (χ0v) is 9.97. The van der Waals surface area contributed by atoms with Crippen molar-refractivity contribution >= 4 is 23.0 Å². The maximum absolute atomic E-state index is 11.7. The van der Waals surface area contributed by atoms with Gasteiger partial charge in [0.2, 0.25) is 5.91 Å². The first kappa shape index (κ1) is 10.4. The Morgan fingerprint density at radius 1 is 1.47 bits per heavy atom. The Morgan fingerprint density at radius 3 is 2.67 bits per heavy atom. The molecule has 2 rings (SSSR count). The second-order valence-corrected chi connectivity index (χ2v) is 5.52. The van der Waals surface area contributed by atoms with Crippen molar-refractivity contribution in [2.24, 2.45) is 5.10 Å². The van der Waals surface area contributed by atoms with Crippen molar-refractivity contribution in [1.29, 1.82) is 0 Å². The van der Waals surface area contributed by atoms with Crippen molar-refractivity contribution in [2.75, 3.05) is 0 Å². The van der Waals surface area contributed by atoms with Crippen LogP contribution in [-0.4, -0.2) is 22.2 Å². The van der Waals surface area contributed by atoms with Gasteiger partial charge in [-0.1, -0.05) is 6.07 Å². The minimum absolute atomic E-state index is 0.0888. The van der Waals surface area contributed by atoms with Crippen molar-refractivity contribution in [3.63, 3.8) is 0 Å². The summed E-state index contributed by atoms with van der Waals surface area (Å²) in [6.07, 6.45) is 0.428. The average Bonchev–Trinajstić information content (AvgIpc) is 2.68. The van der Waals surface area contributed by atoms with Gasteiger partial charge in [-0.25, -0.2) is 5.01 Å². The number of thiophene rings is 1. The maximum atomic E-state index is 11.7. The Kier molecular flexibility index (Phi) is 2.38. The predicted molar refractivity (Wildman–Crippen MR) is 62.1 cm³/mol. The summed E-state index contributed by atoms with van der Waals surface area (Å²) < 4.78 is 0. The van der Waals surface area contributed by atoms with Gasteiger partial charge in [0.1, 0.15) is 0 Å². The van der Waals surface area contributed by atoms with Crippen molar-refractivity contribution in [2.45, 2.75) is 32.7 Å². The van der Waals surface area contributed by atoms with Gasteiger partial charge < -0.3 is 0 Å². The molecule has 0 atom stereocenters. The number of amides is 1. The Morgan fingerprint density at radius 2 is 2.20 bits per heavy atom. The van der Waals surface area contributed by atoms with Crippen molar-refractivity contribution in [3.05, 3.63) is 22.4 Å². The summed E-state index contributed by atoms with van der Waals surface area (Å²) in [6, 6.07) is 3.98. The third kappa shape index (κ3) is 1.95. The molecule has 0 saturated carbocycles. The first-order valence-electron chi connectivity index (χ1n) is 4.93. The second-order valence-electron chi connectivity index (χ2n) is 4.58. The highest BCUT2D eigenvalue weighted by molar-refractivity contribution is 7.12. The molecule has 3 nitrogen and oxygen atoms in total. The van der Waals surface area contributed by atoms with Gasteiger partial charge >= 0.3 is 0 Å². The Bertz CT molecular complexity index is 401. The summed E-state index contributed by atoms with van der Waals surface area (Å²) in [5.41, 5.74) is 0.667. The molecule has 0 saturated heterocycles. The Labute approximate surface area is 93.4 Å². The summed E-state index contributed by atoms with van der Waals surface area (Å²) in [4.78, 5) is 12.8. The zero-order chi connectivity index (χ0) is 11.1. The molecule has 1 amide bonds. The molecular weight excluding hydrogens is 208 g/mol. The van der Waals surface area contributed by atoms with Crippen LogP contribution in [0.1, 0.15) is 32.1 Å². The molecule has 4 heteroatoms. The highest BCUT2D eigenvalue weighted by atomic mass is 32.1. The molecule has 0 aliphatic carbocycles. The van der Waals surface area contributed by atoms with E-state index in [0.29, 0.717) is 6.42 Å². The van der Waals surface area contributed by atoms with Crippen LogP contribution in [0.4, 0.5) is 0 Å². The molecule has 0 aromatic carbocycles. The fourth-order valence-electron chi connectivity index (χ4n) is 1.53. The molecule has 0 radical (unpaired) electrons. The van der Waals surface area contributed by atoms with E-state index in [9.17, 15) is 4.79 Å². The van der Waals surface area contributed by atoms with Gasteiger partial charge in [-0.2, -0.15) is 5.10 Å². The number of hydrazone groups is 1. The lowest BCUT2D eigenvalue weighted by molar-refractivity contribution is -0.133. The molecular formula is C11H14N2OS. The van der Waals surface area contributed by atoms with Gasteiger partial charge in [-0.15, -0.1) is 11.3 Å². The molecule has 80 valence electrons. The minimum atomic E-state index is -0.226. The minimum Gasteiger partial charge on any atom is -0.272 e. The van der Waals surface area contributed by atoms with E-state index in [-0.39, 0.29) is 11.4 Å². The molecule has 1 aromatic rings. The normalized spacial score (nSPS) is 17.1. The van der Waals surface area contributed by atoms with Crippen LogP contribution in [0.25, 0.3) is 0 Å². The van der Waals surface area contributed by atoms with Crippen LogP contribution >= 0.6 is 11.3 Å². The number of hydrogen-bond acceptors (Lipinski definition) is 3. The first-order chi connectivity index (χ1) is 6.98. The Balaban J connectivity index is 2.29. The number of hydrogen-bond donors (Lipinski definition) is 0. The van der Waals surface area contributed by atoms with Gasteiger partial charge in [0.05, 0.1) is 22.5 Å². The van der Waals surface area contributed by atoms with Gasteiger partial charge in [-0.3, -0.25) is 4.79 Å². The van der Waals surface area contributed by atoms with Gasteiger partial charge in [-0.05, 0) is 32.2 Å². The van der Waals surface area contributed by atoms with Crippen LogP contribution in [0.5, 0.6) is 0 Å². The highest BCUT2D eigenvalue weighted by Gasteiger charge is 2.33. The second kappa shape index (κ2) is 3.45. The molecule has 2 heterocycles. The molecule has 0 fully saturated rings.